The highest BCUT2D eigenvalue weighted by Crippen LogP contribution is 2.62. The number of rotatable bonds is 3. The molecular weight excluding hydrogens is 362 g/mol. The van der Waals surface area contributed by atoms with E-state index in [9.17, 15) is 0 Å². The molecule has 3 aromatic rings. The van der Waals surface area contributed by atoms with Crippen LogP contribution in [-0.4, -0.2) is 4.98 Å². The summed E-state index contributed by atoms with van der Waals surface area (Å²) >= 11 is 0. The van der Waals surface area contributed by atoms with Crippen LogP contribution >= 0.6 is 0 Å². The van der Waals surface area contributed by atoms with Crippen molar-refractivity contribution >= 4 is 0 Å². The summed E-state index contributed by atoms with van der Waals surface area (Å²) in [6.07, 6.45) is 3.06. The number of benzene rings is 2. The minimum Gasteiger partial charge on any atom is -0.256 e. The quantitative estimate of drug-likeness (QED) is 0.438. The molecule has 1 nitrogen and oxygen atoms in total. The molecule has 0 radical (unpaired) electrons. The molecule has 0 fully saturated rings. The molecule has 1 heteroatoms. The Morgan fingerprint density at radius 1 is 0.767 bits per heavy atom. The van der Waals surface area contributed by atoms with E-state index in [4.69, 9.17) is 4.98 Å². The molecule has 4 rings (SSSR count). The molecule has 1 heterocycles. The molecule has 30 heavy (non-hydrogen) atoms. The Balaban J connectivity index is 1.89. The van der Waals surface area contributed by atoms with E-state index in [0.717, 1.165) is 12.1 Å². The number of aromatic nitrogens is 1. The molecule has 0 N–H and O–H groups in total. The molecule has 0 aliphatic heterocycles. The molecule has 0 unspecified atom stereocenters. The summed E-state index contributed by atoms with van der Waals surface area (Å²) in [5, 5.41) is 0. The molecule has 1 aromatic heterocycles. The van der Waals surface area contributed by atoms with Gasteiger partial charge in [0.05, 0.1) is 5.69 Å². The van der Waals surface area contributed by atoms with Gasteiger partial charge in [0.2, 0.25) is 0 Å². The summed E-state index contributed by atoms with van der Waals surface area (Å²) in [7, 11) is 0. The van der Waals surface area contributed by atoms with Gasteiger partial charge in [-0.1, -0.05) is 84.9 Å². The number of nitrogens with zero attached hydrogens (tertiary/aromatic N) is 1. The zero-order valence-electron chi connectivity index (χ0n) is 19.9. The lowest BCUT2D eigenvalue weighted by molar-refractivity contribution is 0.125. The first-order valence-electron chi connectivity index (χ1n) is 11.2. The number of fused-ring (bicyclic) bond motifs is 1. The number of hydrogen-bond acceptors (Lipinski definition) is 1. The van der Waals surface area contributed by atoms with Gasteiger partial charge >= 0.3 is 0 Å². The Kier molecular flexibility index (Phi) is 4.73. The first-order valence-corrected chi connectivity index (χ1v) is 11.2. The fraction of sp³-hybridized carbons (Fsp3) is 0.414. The van der Waals surface area contributed by atoms with Crippen LogP contribution in [0.5, 0.6) is 0 Å². The standard InChI is InChI=1S/C29H35N/c1-9-20-16-24-25(28(5,6)29(7,8)27(24,3)4)17-22(20)26-15-19(2)23(18-30-26)21-13-11-10-12-14-21/h10-18H,9H2,1-8H3. The Hall–Kier alpha value is -2.41. The van der Waals surface area contributed by atoms with E-state index >= 15 is 0 Å². The summed E-state index contributed by atoms with van der Waals surface area (Å²) in [4.78, 5) is 4.94. The van der Waals surface area contributed by atoms with Gasteiger partial charge in [0.25, 0.3) is 0 Å². The van der Waals surface area contributed by atoms with Crippen LogP contribution in [-0.2, 0) is 17.3 Å². The van der Waals surface area contributed by atoms with Crippen molar-refractivity contribution in [2.24, 2.45) is 5.41 Å². The Labute approximate surface area is 182 Å². The van der Waals surface area contributed by atoms with Crippen LogP contribution in [0.15, 0.2) is 54.7 Å². The summed E-state index contributed by atoms with van der Waals surface area (Å²) in [6.45, 7) is 19.0. The monoisotopic (exact) mass is 397 g/mol. The number of pyridine rings is 1. The fourth-order valence-electron chi connectivity index (χ4n) is 5.29. The Morgan fingerprint density at radius 2 is 1.37 bits per heavy atom. The van der Waals surface area contributed by atoms with Gasteiger partial charge in [-0.15, -0.1) is 0 Å². The number of hydrogen-bond donors (Lipinski definition) is 0. The van der Waals surface area contributed by atoms with Gasteiger partial charge in [-0.05, 0) is 69.5 Å². The first-order chi connectivity index (χ1) is 14.0. The second-order valence-corrected chi connectivity index (χ2v) is 10.5. The third-order valence-corrected chi connectivity index (χ3v) is 8.57. The van der Waals surface area contributed by atoms with Gasteiger partial charge in [0, 0.05) is 17.3 Å². The molecule has 0 atom stereocenters. The zero-order valence-corrected chi connectivity index (χ0v) is 19.9. The highest BCUT2D eigenvalue weighted by atomic mass is 14.7. The predicted molar refractivity (Wildman–Crippen MR) is 129 cm³/mol. The maximum Gasteiger partial charge on any atom is 0.0707 e. The van der Waals surface area contributed by atoms with E-state index < -0.39 is 0 Å². The largest absolute Gasteiger partial charge is 0.256 e. The summed E-state index contributed by atoms with van der Waals surface area (Å²) in [5.74, 6) is 0. The topological polar surface area (TPSA) is 12.9 Å². The van der Waals surface area contributed by atoms with Crippen molar-refractivity contribution in [2.45, 2.75) is 72.6 Å². The van der Waals surface area contributed by atoms with Crippen LogP contribution in [0, 0.1) is 12.3 Å². The predicted octanol–water partition coefficient (Wildman–Crippen LogP) is 7.88. The van der Waals surface area contributed by atoms with Gasteiger partial charge in [-0.25, -0.2) is 0 Å². The van der Waals surface area contributed by atoms with Crippen molar-refractivity contribution in [2.75, 3.05) is 0 Å². The van der Waals surface area contributed by atoms with Gasteiger partial charge < -0.3 is 0 Å². The molecule has 2 aromatic carbocycles. The minimum atomic E-state index is 0.103. The molecular formula is C29H35N. The first kappa shape index (κ1) is 20.8. The van der Waals surface area contributed by atoms with Crippen molar-refractivity contribution in [3.63, 3.8) is 0 Å². The van der Waals surface area contributed by atoms with Crippen LogP contribution in [0.2, 0.25) is 0 Å². The van der Waals surface area contributed by atoms with E-state index in [1.807, 2.05) is 6.20 Å². The lowest BCUT2D eigenvalue weighted by atomic mass is 9.59. The van der Waals surface area contributed by atoms with Crippen LogP contribution in [0.4, 0.5) is 0 Å². The average molecular weight is 398 g/mol. The van der Waals surface area contributed by atoms with Gasteiger partial charge in [0.15, 0.2) is 0 Å². The van der Waals surface area contributed by atoms with Crippen molar-refractivity contribution in [3.05, 3.63) is 77.0 Å². The molecule has 0 saturated heterocycles. The fourth-order valence-corrected chi connectivity index (χ4v) is 5.29. The molecule has 156 valence electrons. The van der Waals surface area contributed by atoms with Crippen LogP contribution < -0.4 is 0 Å². The van der Waals surface area contributed by atoms with Crippen LogP contribution in [0.3, 0.4) is 0 Å². The van der Waals surface area contributed by atoms with E-state index in [-0.39, 0.29) is 16.2 Å². The maximum atomic E-state index is 4.94. The smallest absolute Gasteiger partial charge is 0.0707 e. The second-order valence-electron chi connectivity index (χ2n) is 10.5. The molecule has 0 saturated carbocycles. The van der Waals surface area contributed by atoms with Gasteiger partial charge in [0.1, 0.15) is 0 Å². The van der Waals surface area contributed by atoms with Crippen LogP contribution in [0.25, 0.3) is 22.4 Å². The highest BCUT2D eigenvalue weighted by Gasteiger charge is 2.56. The van der Waals surface area contributed by atoms with Crippen LogP contribution in [0.1, 0.15) is 70.7 Å². The molecule has 1 aliphatic carbocycles. The lowest BCUT2D eigenvalue weighted by Crippen LogP contribution is -2.42. The lowest BCUT2D eigenvalue weighted by Gasteiger charge is -2.44. The normalized spacial score (nSPS) is 18.3. The van der Waals surface area contributed by atoms with Crippen molar-refractivity contribution in [1.29, 1.82) is 0 Å². The summed E-state index contributed by atoms with van der Waals surface area (Å²) < 4.78 is 0. The molecule has 0 bridgehead atoms. The van der Waals surface area contributed by atoms with E-state index in [1.54, 1.807) is 0 Å². The number of aryl methyl sites for hydroxylation is 2. The van der Waals surface area contributed by atoms with E-state index in [1.165, 1.54) is 38.9 Å². The van der Waals surface area contributed by atoms with Crippen molar-refractivity contribution in [3.8, 4) is 22.4 Å². The maximum absolute atomic E-state index is 4.94. The highest BCUT2D eigenvalue weighted by molar-refractivity contribution is 5.73. The van der Waals surface area contributed by atoms with Crippen molar-refractivity contribution < 1.29 is 0 Å². The van der Waals surface area contributed by atoms with Gasteiger partial charge in [-0.3, -0.25) is 4.98 Å². The van der Waals surface area contributed by atoms with Crippen molar-refractivity contribution in [1.82, 2.24) is 4.98 Å². The third kappa shape index (κ3) is 2.78. The van der Waals surface area contributed by atoms with E-state index in [0.29, 0.717) is 0 Å². The minimum absolute atomic E-state index is 0.103. The zero-order chi connectivity index (χ0) is 21.9. The SMILES string of the molecule is CCc1cc2c(cc1-c1cc(C)c(-c3ccccc3)cn1)C(C)(C)C(C)(C)C2(C)C. The average Bonchev–Trinajstić information content (AvgIpc) is 2.82. The third-order valence-electron chi connectivity index (χ3n) is 8.57. The molecule has 0 spiro atoms. The Morgan fingerprint density at radius 3 is 1.93 bits per heavy atom. The van der Waals surface area contributed by atoms with E-state index in [2.05, 4.69) is 104 Å². The second kappa shape index (κ2) is 6.80. The molecule has 1 aliphatic rings. The Bertz CT molecular complexity index is 1100. The van der Waals surface area contributed by atoms with Gasteiger partial charge in [-0.2, -0.15) is 0 Å². The molecule has 0 amide bonds. The summed E-state index contributed by atoms with van der Waals surface area (Å²) in [6, 6.07) is 17.7. The summed E-state index contributed by atoms with van der Waals surface area (Å²) in [5.41, 5.74) is 10.9.